The number of piperidine rings is 1. The first kappa shape index (κ1) is 7.80. The summed E-state index contributed by atoms with van der Waals surface area (Å²) in [5.41, 5.74) is 0. The third kappa shape index (κ3) is 1.85. The number of nitrogens with zero attached hydrogens (tertiary/aromatic N) is 2. The molecule has 0 spiro atoms. The fraction of sp³-hybridized carbons (Fsp3) is 0.667. The maximum atomic E-state index is 4.03. The van der Waals surface area contributed by atoms with Crippen LogP contribution in [0.1, 0.15) is 12.8 Å². The van der Waals surface area contributed by atoms with Crippen molar-refractivity contribution in [2.75, 3.05) is 13.1 Å². The van der Waals surface area contributed by atoms with Crippen LogP contribution >= 0.6 is 0 Å². The van der Waals surface area contributed by atoms with Gasteiger partial charge in [-0.15, -0.1) is 0 Å². The SMILES string of the molecule is c1cn(CC2CCCNC2)cn1. The predicted molar refractivity (Wildman–Crippen MR) is 47.8 cm³/mol. The largest absolute Gasteiger partial charge is 0.337 e. The van der Waals surface area contributed by atoms with Gasteiger partial charge >= 0.3 is 0 Å². The van der Waals surface area contributed by atoms with Crippen molar-refractivity contribution >= 4 is 0 Å². The van der Waals surface area contributed by atoms with Gasteiger partial charge in [-0.05, 0) is 31.8 Å². The van der Waals surface area contributed by atoms with E-state index in [0.717, 1.165) is 19.0 Å². The van der Waals surface area contributed by atoms with E-state index in [1.165, 1.54) is 19.4 Å². The van der Waals surface area contributed by atoms with Gasteiger partial charge in [0.2, 0.25) is 0 Å². The Kier molecular flexibility index (Phi) is 2.42. The van der Waals surface area contributed by atoms with Gasteiger partial charge in [0.25, 0.3) is 0 Å². The van der Waals surface area contributed by atoms with Crippen LogP contribution in [0.25, 0.3) is 0 Å². The predicted octanol–water partition coefficient (Wildman–Crippen LogP) is 0.883. The smallest absolute Gasteiger partial charge is 0.0946 e. The molecule has 0 aliphatic carbocycles. The van der Waals surface area contributed by atoms with Crippen LogP contribution in [-0.4, -0.2) is 22.6 Å². The van der Waals surface area contributed by atoms with Crippen LogP contribution in [-0.2, 0) is 6.54 Å². The summed E-state index contributed by atoms with van der Waals surface area (Å²) < 4.78 is 2.16. The molecule has 1 aliphatic heterocycles. The number of rotatable bonds is 2. The molecule has 1 aromatic rings. The van der Waals surface area contributed by atoms with Crippen molar-refractivity contribution in [2.24, 2.45) is 5.92 Å². The summed E-state index contributed by atoms with van der Waals surface area (Å²) in [7, 11) is 0. The monoisotopic (exact) mass is 165 g/mol. The van der Waals surface area contributed by atoms with Gasteiger partial charge < -0.3 is 9.88 Å². The minimum atomic E-state index is 0.799. The summed E-state index contributed by atoms with van der Waals surface area (Å²) in [4.78, 5) is 4.03. The molecule has 1 atom stereocenters. The van der Waals surface area contributed by atoms with E-state index in [1.807, 2.05) is 18.7 Å². The number of nitrogens with one attached hydrogen (secondary N) is 1. The third-order valence-corrected chi connectivity index (χ3v) is 2.43. The summed E-state index contributed by atoms with van der Waals surface area (Å²) in [6.07, 6.45) is 8.45. The molecule has 0 saturated carbocycles. The van der Waals surface area contributed by atoms with Crippen molar-refractivity contribution in [3.8, 4) is 0 Å². The topological polar surface area (TPSA) is 29.9 Å². The minimum absolute atomic E-state index is 0.799. The number of imidazole rings is 1. The van der Waals surface area contributed by atoms with E-state index < -0.39 is 0 Å². The van der Waals surface area contributed by atoms with E-state index in [0.29, 0.717) is 0 Å². The first-order chi connectivity index (χ1) is 5.95. The Labute approximate surface area is 72.8 Å². The first-order valence-corrected chi connectivity index (χ1v) is 4.61. The average Bonchev–Trinajstić information content (AvgIpc) is 2.59. The molecular weight excluding hydrogens is 150 g/mol. The van der Waals surface area contributed by atoms with Crippen molar-refractivity contribution < 1.29 is 0 Å². The summed E-state index contributed by atoms with van der Waals surface area (Å²) in [5.74, 6) is 0.799. The average molecular weight is 165 g/mol. The molecule has 1 saturated heterocycles. The quantitative estimate of drug-likeness (QED) is 0.705. The maximum absolute atomic E-state index is 4.03. The van der Waals surface area contributed by atoms with Crippen LogP contribution in [0, 0.1) is 5.92 Å². The maximum Gasteiger partial charge on any atom is 0.0946 e. The Hall–Kier alpha value is -0.830. The second kappa shape index (κ2) is 3.72. The van der Waals surface area contributed by atoms with Crippen molar-refractivity contribution in [1.82, 2.24) is 14.9 Å². The van der Waals surface area contributed by atoms with Crippen molar-refractivity contribution in [2.45, 2.75) is 19.4 Å². The highest BCUT2D eigenvalue weighted by Crippen LogP contribution is 2.11. The van der Waals surface area contributed by atoms with Gasteiger partial charge in [-0.25, -0.2) is 4.98 Å². The van der Waals surface area contributed by atoms with E-state index in [4.69, 9.17) is 0 Å². The zero-order chi connectivity index (χ0) is 8.23. The lowest BCUT2D eigenvalue weighted by molar-refractivity contribution is 0.337. The molecule has 0 aromatic carbocycles. The second-order valence-electron chi connectivity index (χ2n) is 3.47. The van der Waals surface area contributed by atoms with Crippen molar-refractivity contribution in [3.05, 3.63) is 18.7 Å². The fourth-order valence-electron chi connectivity index (χ4n) is 1.77. The van der Waals surface area contributed by atoms with Gasteiger partial charge in [-0.1, -0.05) is 0 Å². The molecule has 0 radical (unpaired) electrons. The summed E-state index contributed by atoms with van der Waals surface area (Å²) in [6, 6.07) is 0. The van der Waals surface area contributed by atoms with E-state index in [1.54, 1.807) is 0 Å². The lowest BCUT2D eigenvalue weighted by atomic mass is 10.00. The Bertz CT molecular complexity index is 212. The van der Waals surface area contributed by atoms with Gasteiger partial charge in [0.05, 0.1) is 6.33 Å². The molecule has 3 nitrogen and oxygen atoms in total. The highest BCUT2D eigenvalue weighted by atomic mass is 15.0. The Morgan fingerprint density at radius 3 is 3.25 bits per heavy atom. The summed E-state index contributed by atoms with van der Waals surface area (Å²) in [6.45, 7) is 3.48. The van der Waals surface area contributed by atoms with E-state index in [9.17, 15) is 0 Å². The van der Waals surface area contributed by atoms with Crippen LogP contribution in [0.4, 0.5) is 0 Å². The van der Waals surface area contributed by atoms with E-state index in [-0.39, 0.29) is 0 Å². The van der Waals surface area contributed by atoms with Crippen LogP contribution < -0.4 is 5.32 Å². The zero-order valence-electron chi connectivity index (χ0n) is 7.24. The molecule has 1 fully saturated rings. The van der Waals surface area contributed by atoms with Crippen LogP contribution in [0.2, 0.25) is 0 Å². The van der Waals surface area contributed by atoms with Crippen LogP contribution in [0.3, 0.4) is 0 Å². The standard InChI is InChI=1S/C9H15N3/c1-2-9(6-10-3-1)7-12-5-4-11-8-12/h4-5,8-10H,1-3,6-7H2. The second-order valence-corrected chi connectivity index (χ2v) is 3.47. The molecule has 1 aliphatic rings. The van der Waals surface area contributed by atoms with E-state index >= 15 is 0 Å². The molecular formula is C9H15N3. The lowest BCUT2D eigenvalue weighted by Gasteiger charge is -2.22. The van der Waals surface area contributed by atoms with Crippen molar-refractivity contribution in [3.63, 3.8) is 0 Å². The van der Waals surface area contributed by atoms with Gasteiger partial charge in [0.15, 0.2) is 0 Å². The van der Waals surface area contributed by atoms with Crippen molar-refractivity contribution in [1.29, 1.82) is 0 Å². The molecule has 66 valence electrons. The minimum Gasteiger partial charge on any atom is -0.337 e. The van der Waals surface area contributed by atoms with Gasteiger partial charge in [-0.3, -0.25) is 0 Å². The molecule has 0 amide bonds. The third-order valence-electron chi connectivity index (χ3n) is 2.43. The normalized spacial score (nSPS) is 24.2. The molecule has 3 heteroatoms. The van der Waals surface area contributed by atoms with Crippen LogP contribution in [0.15, 0.2) is 18.7 Å². The zero-order valence-corrected chi connectivity index (χ0v) is 7.24. The van der Waals surface area contributed by atoms with E-state index in [2.05, 4.69) is 14.9 Å². The van der Waals surface area contributed by atoms with Gasteiger partial charge in [0, 0.05) is 18.9 Å². The van der Waals surface area contributed by atoms with Gasteiger partial charge in [-0.2, -0.15) is 0 Å². The Balaban J connectivity index is 1.86. The molecule has 2 heterocycles. The summed E-state index contributed by atoms with van der Waals surface area (Å²) >= 11 is 0. The molecule has 12 heavy (non-hydrogen) atoms. The number of aromatic nitrogens is 2. The van der Waals surface area contributed by atoms with Gasteiger partial charge in [0.1, 0.15) is 0 Å². The first-order valence-electron chi connectivity index (χ1n) is 4.61. The molecule has 1 N–H and O–H groups in total. The Morgan fingerprint density at radius 1 is 1.58 bits per heavy atom. The highest BCUT2D eigenvalue weighted by Gasteiger charge is 2.12. The number of hydrogen-bond acceptors (Lipinski definition) is 2. The van der Waals surface area contributed by atoms with Crippen LogP contribution in [0.5, 0.6) is 0 Å². The fourth-order valence-corrected chi connectivity index (χ4v) is 1.77. The molecule has 0 bridgehead atoms. The molecule has 2 rings (SSSR count). The Morgan fingerprint density at radius 2 is 2.58 bits per heavy atom. The number of hydrogen-bond donors (Lipinski definition) is 1. The lowest BCUT2D eigenvalue weighted by Crippen LogP contribution is -2.31. The highest BCUT2D eigenvalue weighted by molar-refractivity contribution is 4.77. The summed E-state index contributed by atoms with van der Waals surface area (Å²) in [5, 5.41) is 3.41. The molecule has 1 unspecified atom stereocenters. The molecule has 1 aromatic heterocycles.